The maximum absolute atomic E-state index is 11.5. The normalized spacial score (nSPS) is 10.7. The Labute approximate surface area is 124 Å². The van der Waals surface area contributed by atoms with Gasteiger partial charge in [-0.25, -0.2) is 5.43 Å². The number of nitrogens with one attached hydrogen (secondary N) is 1. The Bertz CT molecular complexity index is 605. The van der Waals surface area contributed by atoms with Gasteiger partial charge in [-0.2, -0.15) is 5.10 Å². The Balaban J connectivity index is 1.75. The van der Waals surface area contributed by atoms with Gasteiger partial charge in [-0.05, 0) is 43.3 Å². The highest BCUT2D eigenvalue weighted by Gasteiger charge is 2.01. The lowest BCUT2D eigenvalue weighted by Crippen LogP contribution is -2.24. The molecule has 0 fully saturated rings. The fourth-order valence-electron chi connectivity index (χ4n) is 1.40. The van der Waals surface area contributed by atoms with Crippen molar-refractivity contribution in [2.24, 2.45) is 5.10 Å². The molecule has 0 aliphatic carbocycles. The standard InChI is InChI=1S/C14H13BrN2O3/c1-10-2-5-13(20-10)8-16-17-14(18)9-19-12-6-3-11(15)4-7-12/h2-8H,9H2,1H3,(H,17,18). The SMILES string of the molecule is Cc1ccc(C=NNC(=O)COc2ccc(Br)cc2)o1. The van der Waals surface area contributed by atoms with Gasteiger partial charge < -0.3 is 9.15 Å². The number of nitrogens with zero attached hydrogens (tertiary/aromatic N) is 1. The highest BCUT2D eigenvalue weighted by Crippen LogP contribution is 2.15. The second-order valence-corrected chi connectivity index (χ2v) is 4.90. The van der Waals surface area contributed by atoms with E-state index in [4.69, 9.17) is 9.15 Å². The van der Waals surface area contributed by atoms with Crippen LogP contribution in [0.4, 0.5) is 0 Å². The summed E-state index contributed by atoms with van der Waals surface area (Å²) in [7, 11) is 0. The van der Waals surface area contributed by atoms with Crippen LogP contribution in [0.5, 0.6) is 5.75 Å². The Morgan fingerprint density at radius 3 is 2.75 bits per heavy atom. The molecule has 2 aromatic rings. The molecule has 5 nitrogen and oxygen atoms in total. The number of hydrogen-bond donors (Lipinski definition) is 1. The number of furan rings is 1. The lowest BCUT2D eigenvalue weighted by atomic mass is 10.3. The van der Waals surface area contributed by atoms with Crippen LogP contribution in [0.3, 0.4) is 0 Å². The number of carbonyl (C=O) groups is 1. The molecule has 2 rings (SSSR count). The highest BCUT2D eigenvalue weighted by atomic mass is 79.9. The molecule has 104 valence electrons. The second-order valence-electron chi connectivity index (χ2n) is 3.98. The van der Waals surface area contributed by atoms with E-state index in [9.17, 15) is 4.79 Å². The van der Waals surface area contributed by atoms with Crippen LogP contribution in [-0.4, -0.2) is 18.7 Å². The van der Waals surface area contributed by atoms with E-state index in [0.29, 0.717) is 11.5 Å². The minimum absolute atomic E-state index is 0.101. The second kappa shape index (κ2) is 6.91. The zero-order valence-electron chi connectivity index (χ0n) is 10.8. The third-order valence-corrected chi connectivity index (χ3v) is 2.85. The lowest BCUT2D eigenvalue weighted by Gasteiger charge is -2.04. The van der Waals surface area contributed by atoms with Gasteiger partial charge in [0.15, 0.2) is 6.61 Å². The van der Waals surface area contributed by atoms with Gasteiger partial charge in [0, 0.05) is 4.47 Å². The van der Waals surface area contributed by atoms with Crippen molar-refractivity contribution >= 4 is 28.1 Å². The molecular formula is C14H13BrN2O3. The molecule has 1 heterocycles. The van der Waals surface area contributed by atoms with E-state index in [1.807, 2.05) is 25.1 Å². The van der Waals surface area contributed by atoms with E-state index >= 15 is 0 Å². The third kappa shape index (κ3) is 4.55. The van der Waals surface area contributed by atoms with Crippen LogP contribution in [0.1, 0.15) is 11.5 Å². The number of halogens is 1. The molecule has 0 aliphatic heterocycles. The van der Waals surface area contributed by atoms with E-state index in [-0.39, 0.29) is 12.5 Å². The van der Waals surface area contributed by atoms with Gasteiger partial charge in [0.1, 0.15) is 17.3 Å². The molecule has 0 atom stereocenters. The van der Waals surface area contributed by atoms with E-state index in [0.717, 1.165) is 10.2 Å². The minimum atomic E-state index is -0.340. The van der Waals surface area contributed by atoms with E-state index in [2.05, 4.69) is 26.5 Å². The molecule has 1 aromatic heterocycles. The predicted molar refractivity (Wildman–Crippen MR) is 78.8 cm³/mol. The van der Waals surface area contributed by atoms with E-state index in [1.54, 1.807) is 18.2 Å². The zero-order chi connectivity index (χ0) is 14.4. The molecule has 1 N–H and O–H groups in total. The first-order chi connectivity index (χ1) is 9.63. The van der Waals surface area contributed by atoms with Crippen molar-refractivity contribution < 1.29 is 13.9 Å². The molecule has 0 saturated carbocycles. The van der Waals surface area contributed by atoms with Crippen molar-refractivity contribution in [3.05, 3.63) is 52.4 Å². The van der Waals surface area contributed by atoms with Crippen LogP contribution in [-0.2, 0) is 4.79 Å². The summed E-state index contributed by atoms with van der Waals surface area (Å²) in [5.74, 6) is 1.65. The quantitative estimate of drug-likeness (QED) is 0.674. The van der Waals surface area contributed by atoms with Crippen LogP contribution >= 0.6 is 15.9 Å². The number of hydrogen-bond acceptors (Lipinski definition) is 4. The van der Waals surface area contributed by atoms with Gasteiger partial charge in [0.2, 0.25) is 0 Å². The molecule has 0 saturated heterocycles. The summed E-state index contributed by atoms with van der Waals surface area (Å²) in [5, 5.41) is 3.78. The maximum Gasteiger partial charge on any atom is 0.277 e. The first kappa shape index (κ1) is 14.3. The molecule has 6 heteroatoms. The summed E-state index contributed by atoms with van der Waals surface area (Å²) >= 11 is 3.32. The zero-order valence-corrected chi connectivity index (χ0v) is 12.4. The average Bonchev–Trinajstić information content (AvgIpc) is 2.84. The van der Waals surface area contributed by atoms with Gasteiger partial charge in [-0.3, -0.25) is 4.79 Å². The predicted octanol–water partition coefficient (Wildman–Crippen LogP) is 2.88. The first-order valence-corrected chi connectivity index (χ1v) is 6.69. The summed E-state index contributed by atoms with van der Waals surface area (Å²) in [6, 6.07) is 10.8. The summed E-state index contributed by atoms with van der Waals surface area (Å²) in [4.78, 5) is 11.5. The lowest BCUT2D eigenvalue weighted by molar-refractivity contribution is -0.123. The summed E-state index contributed by atoms with van der Waals surface area (Å²) in [6.07, 6.45) is 1.44. The minimum Gasteiger partial charge on any atom is -0.484 e. The maximum atomic E-state index is 11.5. The van der Waals surface area contributed by atoms with E-state index in [1.165, 1.54) is 6.21 Å². The topological polar surface area (TPSA) is 63.8 Å². The fraction of sp³-hybridized carbons (Fsp3) is 0.143. The van der Waals surface area contributed by atoms with Crippen molar-refractivity contribution in [2.45, 2.75) is 6.92 Å². The van der Waals surface area contributed by atoms with Crippen LogP contribution in [0.15, 0.2) is 50.4 Å². The number of rotatable bonds is 5. The largest absolute Gasteiger partial charge is 0.484 e. The summed E-state index contributed by atoms with van der Waals surface area (Å²) in [5.41, 5.74) is 2.36. The number of amides is 1. The smallest absolute Gasteiger partial charge is 0.277 e. The number of benzene rings is 1. The molecule has 0 radical (unpaired) electrons. The van der Waals surface area contributed by atoms with Gasteiger partial charge in [-0.15, -0.1) is 0 Å². The van der Waals surface area contributed by atoms with Crippen molar-refractivity contribution in [1.82, 2.24) is 5.43 Å². The molecule has 20 heavy (non-hydrogen) atoms. The highest BCUT2D eigenvalue weighted by molar-refractivity contribution is 9.10. The number of aryl methyl sites for hydroxylation is 1. The molecule has 0 aliphatic rings. The Kier molecular flexibility index (Phi) is 4.95. The van der Waals surface area contributed by atoms with Gasteiger partial charge in [0.25, 0.3) is 5.91 Å². The summed E-state index contributed by atoms with van der Waals surface area (Å²) < 4.78 is 11.5. The molecule has 0 unspecified atom stereocenters. The molecular weight excluding hydrogens is 324 g/mol. The molecule has 0 bridgehead atoms. The van der Waals surface area contributed by atoms with Crippen LogP contribution in [0.2, 0.25) is 0 Å². The first-order valence-electron chi connectivity index (χ1n) is 5.90. The number of hydrazone groups is 1. The van der Waals surface area contributed by atoms with Gasteiger partial charge in [0.05, 0.1) is 6.21 Å². The molecule has 0 spiro atoms. The van der Waals surface area contributed by atoms with Crippen molar-refractivity contribution in [3.63, 3.8) is 0 Å². The van der Waals surface area contributed by atoms with Crippen LogP contribution in [0, 0.1) is 6.92 Å². The number of ether oxygens (including phenoxy) is 1. The van der Waals surface area contributed by atoms with Crippen LogP contribution < -0.4 is 10.2 Å². The number of carbonyl (C=O) groups excluding carboxylic acids is 1. The van der Waals surface area contributed by atoms with Gasteiger partial charge >= 0.3 is 0 Å². The van der Waals surface area contributed by atoms with Crippen molar-refractivity contribution in [3.8, 4) is 5.75 Å². The molecule has 1 aromatic carbocycles. The fourth-order valence-corrected chi connectivity index (χ4v) is 1.67. The van der Waals surface area contributed by atoms with Crippen LogP contribution in [0.25, 0.3) is 0 Å². The average molecular weight is 337 g/mol. The Morgan fingerprint density at radius 2 is 2.10 bits per heavy atom. The third-order valence-electron chi connectivity index (χ3n) is 2.33. The van der Waals surface area contributed by atoms with Gasteiger partial charge in [-0.1, -0.05) is 15.9 Å². The van der Waals surface area contributed by atoms with Crippen molar-refractivity contribution in [1.29, 1.82) is 0 Å². The summed E-state index contributed by atoms with van der Waals surface area (Å²) in [6.45, 7) is 1.73. The monoisotopic (exact) mass is 336 g/mol. The van der Waals surface area contributed by atoms with E-state index < -0.39 is 0 Å². The molecule has 1 amide bonds. The Morgan fingerprint density at radius 1 is 1.35 bits per heavy atom. The van der Waals surface area contributed by atoms with Crippen molar-refractivity contribution in [2.75, 3.05) is 6.61 Å². The Hall–Kier alpha value is -2.08.